The first kappa shape index (κ1) is 17.0. The molecule has 1 N–H and O–H groups in total. The normalized spacial score (nSPS) is 16.6. The molecule has 0 bridgehead atoms. The highest BCUT2D eigenvalue weighted by Gasteiger charge is 2.22. The van der Waals surface area contributed by atoms with Gasteiger partial charge in [0.15, 0.2) is 0 Å². The molecule has 4 heteroatoms. The van der Waals surface area contributed by atoms with Crippen LogP contribution in [0.25, 0.3) is 0 Å². The van der Waals surface area contributed by atoms with E-state index in [0.29, 0.717) is 12.6 Å². The predicted octanol–water partition coefficient (Wildman–Crippen LogP) is 3.90. The standard InChI is InChI=1S/C20H23ClN2O/c1-2-14-23-19-5-3-4-18(17(19)10-11-20(23)24)22-13-12-15-6-8-16(21)9-7-15/h2,6-11,18,22H,1,3-5,12-14H2. The molecule has 3 rings (SSSR count). The maximum Gasteiger partial charge on any atom is 0.251 e. The smallest absolute Gasteiger partial charge is 0.251 e. The zero-order chi connectivity index (χ0) is 16.9. The van der Waals surface area contributed by atoms with Crippen LogP contribution in [-0.2, 0) is 19.4 Å². The van der Waals surface area contributed by atoms with Crippen molar-refractivity contribution in [2.45, 2.75) is 38.3 Å². The SMILES string of the molecule is C=CCn1c2c(ccc1=O)C(NCCc1ccc(Cl)cc1)CCC2. The highest BCUT2D eigenvalue weighted by atomic mass is 35.5. The lowest BCUT2D eigenvalue weighted by molar-refractivity contribution is 0.446. The van der Waals surface area contributed by atoms with E-state index >= 15 is 0 Å². The number of hydrogen-bond donors (Lipinski definition) is 1. The minimum absolute atomic E-state index is 0.0652. The van der Waals surface area contributed by atoms with Gasteiger partial charge in [-0.05, 0) is 55.5 Å². The number of hydrogen-bond acceptors (Lipinski definition) is 2. The summed E-state index contributed by atoms with van der Waals surface area (Å²) in [5.74, 6) is 0. The van der Waals surface area contributed by atoms with Crippen LogP contribution in [0.15, 0.2) is 53.8 Å². The van der Waals surface area contributed by atoms with E-state index in [1.54, 1.807) is 12.1 Å². The third-order valence-corrected chi connectivity index (χ3v) is 4.89. The average Bonchev–Trinajstić information content (AvgIpc) is 2.59. The fourth-order valence-corrected chi connectivity index (χ4v) is 3.57. The average molecular weight is 343 g/mol. The molecule has 0 fully saturated rings. The summed E-state index contributed by atoms with van der Waals surface area (Å²) in [5.41, 5.74) is 3.77. The molecule has 2 aromatic rings. The van der Waals surface area contributed by atoms with Gasteiger partial charge < -0.3 is 9.88 Å². The molecule has 0 radical (unpaired) electrons. The lowest BCUT2D eigenvalue weighted by Crippen LogP contribution is -2.32. The van der Waals surface area contributed by atoms with Crippen LogP contribution in [0, 0.1) is 0 Å². The lowest BCUT2D eigenvalue weighted by Gasteiger charge is -2.28. The molecule has 1 unspecified atom stereocenters. The summed E-state index contributed by atoms with van der Waals surface area (Å²) in [5, 5.41) is 4.43. The third kappa shape index (κ3) is 3.80. The number of aromatic nitrogens is 1. The molecular weight excluding hydrogens is 320 g/mol. The van der Waals surface area contributed by atoms with Crippen molar-refractivity contribution in [1.82, 2.24) is 9.88 Å². The van der Waals surface area contributed by atoms with E-state index in [1.807, 2.05) is 22.8 Å². The molecule has 0 saturated carbocycles. The van der Waals surface area contributed by atoms with Gasteiger partial charge in [0.05, 0.1) is 0 Å². The number of pyridine rings is 1. The van der Waals surface area contributed by atoms with Crippen LogP contribution >= 0.6 is 11.6 Å². The van der Waals surface area contributed by atoms with Crippen molar-refractivity contribution in [3.63, 3.8) is 0 Å². The Labute approximate surface area is 148 Å². The molecule has 126 valence electrons. The Morgan fingerprint density at radius 2 is 2.04 bits per heavy atom. The Morgan fingerprint density at radius 3 is 2.79 bits per heavy atom. The highest BCUT2D eigenvalue weighted by Crippen LogP contribution is 2.28. The van der Waals surface area contributed by atoms with Gasteiger partial charge in [0.1, 0.15) is 0 Å². The summed E-state index contributed by atoms with van der Waals surface area (Å²) < 4.78 is 1.86. The fraction of sp³-hybridized carbons (Fsp3) is 0.350. The highest BCUT2D eigenvalue weighted by molar-refractivity contribution is 6.30. The van der Waals surface area contributed by atoms with Gasteiger partial charge in [-0.2, -0.15) is 0 Å². The van der Waals surface area contributed by atoms with E-state index in [1.165, 1.54) is 11.1 Å². The van der Waals surface area contributed by atoms with Crippen molar-refractivity contribution in [3.8, 4) is 0 Å². The van der Waals surface area contributed by atoms with Crippen molar-refractivity contribution in [2.75, 3.05) is 6.54 Å². The Balaban J connectivity index is 1.70. The van der Waals surface area contributed by atoms with Crippen LogP contribution in [0.4, 0.5) is 0 Å². The Bertz CT molecular complexity index is 764. The first-order valence-electron chi connectivity index (χ1n) is 8.50. The molecule has 1 aliphatic carbocycles. The van der Waals surface area contributed by atoms with Gasteiger partial charge >= 0.3 is 0 Å². The summed E-state index contributed by atoms with van der Waals surface area (Å²) in [4.78, 5) is 12.1. The second-order valence-electron chi connectivity index (χ2n) is 6.25. The molecule has 0 spiro atoms. The van der Waals surface area contributed by atoms with E-state index < -0.39 is 0 Å². The van der Waals surface area contributed by atoms with Gasteiger partial charge in [0, 0.05) is 29.4 Å². The van der Waals surface area contributed by atoms with Crippen LogP contribution < -0.4 is 10.9 Å². The van der Waals surface area contributed by atoms with Crippen molar-refractivity contribution < 1.29 is 0 Å². The van der Waals surface area contributed by atoms with Crippen LogP contribution in [0.1, 0.15) is 35.7 Å². The monoisotopic (exact) mass is 342 g/mol. The van der Waals surface area contributed by atoms with Gasteiger partial charge in [0.2, 0.25) is 0 Å². The minimum Gasteiger partial charge on any atom is -0.310 e. The fourth-order valence-electron chi connectivity index (χ4n) is 3.44. The van der Waals surface area contributed by atoms with Crippen LogP contribution in [0.2, 0.25) is 5.02 Å². The first-order valence-corrected chi connectivity index (χ1v) is 8.88. The Morgan fingerprint density at radius 1 is 1.25 bits per heavy atom. The van der Waals surface area contributed by atoms with Crippen LogP contribution in [0.5, 0.6) is 0 Å². The van der Waals surface area contributed by atoms with Gasteiger partial charge in [-0.25, -0.2) is 0 Å². The molecule has 3 nitrogen and oxygen atoms in total. The number of rotatable bonds is 6. The van der Waals surface area contributed by atoms with E-state index in [0.717, 1.165) is 42.9 Å². The van der Waals surface area contributed by atoms with E-state index in [9.17, 15) is 4.79 Å². The van der Waals surface area contributed by atoms with Crippen LogP contribution in [-0.4, -0.2) is 11.1 Å². The molecule has 0 amide bonds. The van der Waals surface area contributed by atoms with Gasteiger partial charge in [-0.1, -0.05) is 35.9 Å². The minimum atomic E-state index is 0.0652. The second kappa shape index (κ2) is 7.82. The molecule has 24 heavy (non-hydrogen) atoms. The van der Waals surface area contributed by atoms with E-state index in [2.05, 4.69) is 24.0 Å². The molecule has 1 heterocycles. The first-order chi connectivity index (χ1) is 11.7. The Kier molecular flexibility index (Phi) is 5.54. The maximum atomic E-state index is 12.1. The summed E-state index contributed by atoms with van der Waals surface area (Å²) in [6.07, 6.45) is 5.94. The molecule has 0 saturated heterocycles. The lowest BCUT2D eigenvalue weighted by atomic mass is 9.90. The van der Waals surface area contributed by atoms with Crippen molar-refractivity contribution in [2.24, 2.45) is 0 Å². The number of fused-ring (bicyclic) bond motifs is 1. The van der Waals surface area contributed by atoms with Gasteiger partial charge in [-0.3, -0.25) is 4.79 Å². The zero-order valence-corrected chi connectivity index (χ0v) is 14.6. The van der Waals surface area contributed by atoms with Crippen molar-refractivity contribution in [1.29, 1.82) is 0 Å². The van der Waals surface area contributed by atoms with Crippen molar-refractivity contribution >= 4 is 11.6 Å². The topological polar surface area (TPSA) is 34.0 Å². The van der Waals surface area contributed by atoms with Gasteiger partial charge in [0.25, 0.3) is 5.56 Å². The third-order valence-electron chi connectivity index (χ3n) is 4.64. The number of benzene rings is 1. The molecule has 1 atom stereocenters. The summed E-state index contributed by atoms with van der Waals surface area (Å²) in [6.45, 7) is 5.26. The van der Waals surface area contributed by atoms with E-state index in [4.69, 9.17) is 11.6 Å². The largest absolute Gasteiger partial charge is 0.310 e. The molecule has 1 aromatic carbocycles. The number of allylic oxidation sites excluding steroid dienone is 1. The summed E-state index contributed by atoms with van der Waals surface area (Å²) in [6, 6.07) is 12.0. The number of halogens is 1. The quantitative estimate of drug-likeness (QED) is 0.808. The molecular formula is C20H23ClN2O. The zero-order valence-electron chi connectivity index (χ0n) is 13.8. The number of nitrogens with one attached hydrogen (secondary N) is 1. The number of nitrogens with zero attached hydrogens (tertiary/aromatic N) is 1. The summed E-state index contributed by atoms with van der Waals surface area (Å²) in [7, 11) is 0. The summed E-state index contributed by atoms with van der Waals surface area (Å²) >= 11 is 5.93. The Hall–Kier alpha value is -1.84. The predicted molar refractivity (Wildman–Crippen MR) is 99.7 cm³/mol. The molecule has 1 aromatic heterocycles. The second-order valence-corrected chi connectivity index (χ2v) is 6.68. The van der Waals surface area contributed by atoms with Gasteiger partial charge in [-0.15, -0.1) is 6.58 Å². The van der Waals surface area contributed by atoms with Crippen LogP contribution in [0.3, 0.4) is 0 Å². The van der Waals surface area contributed by atoms with Crippen molar-refractivity contribution in [3.05, 3.63) is 81.3 Å². The maximum absolute atomic E-state index is 12.1. The van der Waals surface area contributed by atoms with E-state index in [-0.39, 0.29) is 5.56 Å². The molecule has 1 aliphatic rings. The molecule has 0 aliphatic heterocycles.